The van der Waals surface area contributed by atoms with Gasteiger partial charge >= 0.3 is 0 Å². The Hall–Kier alpha value is -2.57. The number of benzene rings is 1. The van der Waals surface area contributed by atoms with Gasteiger partial charge in [0.15, 0.2) is 0 Å². The molecule has 7 nitrogen and oxygen atoms in total. The van der Waals surface area contributed by atoms with E-state index in [1.807, 2.05) is 42.2 Å². The monoisotopic (exact) mass is 398 g/mol. The molecule has 2 saturated heterocycles. The summed E-state index contributed by atoms with van der Waals surface area (Å²) in [5.41, 5.74) is 0.308. The van der Waals surface area contributed by atoms with E-state index in [9.17, 15) is 14.4 Å². The van der Waals surface area contributed by atoms with Crippen LogP contribution in [-0.2, 0) is 14.4 Å². The molecule has 2 heterocycles. The lowest BCUT2D eigenvalue weighted by molar-refractivity contribution is -0.143. The molecular weight excluding hydrogens is 368 g/mol. The van der Waals surface area contributed by atoms with Gasteiger partial charge in [-0.05, 0) is 44.7 Å². The smallest absolute Gasteiger partial charge is 0.250 e. The Morgan fingerprint density at radius 1 is 1.14 bits per heavy atom. The number of nitrogens with one attached hydrogen (secondary N) is 1. The molecule has 0 bridgehead atoms. The number of amides is 3. The zero-order valence-electron chi connectivity index (χ0n) is 17.1. The van der Waals surface area contributed by atoms with Gasteiger partial charge in [-0.3, -0.25) is 14.4 Å². The quantitative estimate of drug-likeness (QED) is 0.818. The maximum atomic E-state index is 13.5. The van der Waals surface area contributed by atoms with E-state index in [2.05, 4.69) is 10.2 Å². The van der Waals surface area contributed by atoms with E-state index >= 15 is 0 Å². The molecule has 4 rings (SSSR count). The molecule has 156 valence electrons. The summed E-state index contributed by atoms with van der Waals surface area (Å²) in [6, 6.07) is 9.91. The predicted octanol–water partition coefficient (Wildman–Crippen LogP) is 1.59. The van der Waals surface area contributed by atoms with Crippen molar-refractivity contribution >= 4 is 23.4 Å². The Kier molecular flexibility index (Phi) is 5.48. The fraction of sp³-hybridized carbons (Fsp3) is 0.591. The molecule has 1 spiro atoms. The largest absolute Gasteiger partial charge is 0.355 e. The summed E-state index contributed by atoms with van der Waals surface area (Å²) in [5.74, 6) is 0.302. The molecule has 1 saturated carbocycles. The van der Waals surface area contributed by atoms with Gasteiger partial charge in [0, 0.05) is 31.2 Å². The number of hydrogen-bond donors (Lipinski definition) is 1. The van der Waals surface area contributed by atoms with Gasteiger partial charge in [0.2, 0.25) is 11.8 Å². The zero-order chi connectivity index (χ0) is 20.4. The summed E-state index contributed by atoms with van der Waals surface area (Å²) in [6.45, 7) is 4.08. The molecule has 1 aromatic rings. The molecule has 3 amide bonds. The Balaban J connectivity index is 1.54. The number of piperidine rings is 1. The fourth-order valence-corrected chi connectivity index (χ4v) is 4.76. The summed E-state index contributed by atoms with van der Waals surface area (Å²) >= 11 is 0. The SMILES string of the molecule is CCNC(=O)CN1CN(c2ccccc2)C2(CCN(C(=O)C3CCC3)CC2)C1=O. The van der Waals surface area contributed by atoms with Crippen molar-refractivity contribution in [1.82, 2.24) is 15.1 Å². The number of rotatable bonds is 5. The van der Waals surface area contributed by atoms with Crippen LogP contribution in [0.1, 0.15) is 39.0 Å². The highest BCUT2D eigenvalue weighted by atomic mass is 16.2. The number of carbonyl (C=O) groups excluding carboxylic acids is 3. The van der Waals surface area contributed by atoms with Crippen molar-refractivity contribution in [2.24, 2.45) is 5.92 Å². The molecular formula is C22H30N4O3. The first-order valence-corrected chi connectivity index (χ1v) is 10.7. The Labute approximate surface area is 172 Å². The average molecular weight is 399 g/mol. The third-order valence-corrected chi connectivity index (χ3v) is 6.65. The van der Waals surface area contributed by atoms with Crippen molar-refractivity contribution in [2.75, 3.05) is 37.7 Å². The van der Waals surface area contributed by atoms with Crippen LogP contribution < -0.4 is 10.2 Å². The van der Waals surface area contributed by atoms with E-state index in [-0.39, 0.29) is 30.2 Å². The lowest BCUT2D eigenvalue weighted by atomic mass is 9.81. The van der Waals surface area contributed by atoms with Crippen molar-refractivity contribution in [2.45, 2.75) is 44.6 Å². The highest BCUT2D eigenvalue weighted by Crippen LogP contribution is 2.40. The second-order valence-corrected chi connectivity index (χ2v) is 8.35. The van der Waals surface area contributed by atoms with E-state index in [4.69, 9.17) is 0 Å². The first-order chi connectivity index (χ1) is 14.0. The second kappa shape index (κ2) is 8.05. The Morgan fingerprint density at radius 3 is 2.41 bits per heavy atom. The highest BCUT2D eigenvalue weighted by molar-refractivity contribution is 5.96. The van der Waals surface area contributed by atoms with Crippen molar-refractivity contribution in [3.8, 4) is 0 Å². The summed E-state index contributed by atoms with van der Waals surface area (Å²) in [6.07, 6.45) is 4.34. The minimum Gasteiger partial charge on any atom is -0.355 e. The number of nitrogens with zero attached hydrogens (tertiary/aromatic N) is 3. The van der Waals surface area contributed by atoms with Gasteiger partial charge < -0.3 is 20.0 Å². The minimum atomic E-state index is -0.676. The second-order valence-electron chi connectivity index (χ2n) is 8.35. The van der Waals surface area contributed by atoms with E-state index < -0.39 is 5.54 Å². The predicted molar refractivity (Wildman–Crippen MR) is 110 cm³/mol. The van der Waals surface area contributed by atoms with E-state index in [1.165, 1.54) is 0 Å². The van der Waals surface area contributed by atoms with Crippen LogP contribution in [0.25, 0.3) is 0 Å². The van der Waals surface area contributed by atoms with Crippen LogP contribution >= 0.6 is 0 Å². The summed E-state index contributed by atoms with van der Waals surface area (Å²) in [7, 11) is 0. The summed E-state index contributed by atoms with van der Waals surface area (Å²) in [4.78, 5) is 44.0. The molecule has 1 aliphatic carbocycles. The third-order valence-electron chi connectivity index (χ3n) is 6.65. The molecule has 0 aromatic heterocycles. The molecule has 0 radical (unpaired) electrons. The van der Waals surface area contributed by atoms with Crippen LogP contribution in [0.15, 0.2) is 30.3 Å². The maximum Gasteiger partial charge on any atom is 0.250 e. The molecule has 3 aliphatic rings. The summed E-state index contributed by atoms with van der Waals surface area (Å²) < 4.78 is 0. The van der Waals surface area contributed by atoms with Crippen LogP contribution in [0, 0.1) is 5.92 Å². The fourth-order valence-electron chi connectivity index (χ4n) is 4.76. The Bertz CT molecular complexity index is 770. The molecule has 0 atom stereocenters. The standard InChI is InChI=1S/C22H30N4O3/c1-2-23-19(27)15-25-16-26(18-9-4-3-5-10-18)22(21(25)29)11-13-24(14-12-22)20(28)17-7-6-8-17/h3-5,9-10,17H,2,6-8,11-16H2,1H3,(H,23,27). The van der Waals surface area contributed by atoms with Crippen LogP contribution in [0.5, 0.6) is 0 Å². The molecule has 1 N–H and O–H groups in total. The zero-order valence-corrected chi connectivity index (χ0v) is 17.1. The third kappa shape index (κ3) is 3.58. The van der Waals surface area contributed by atoms with E-state index in [1.54, 1.807) is 4.90 Å². The minimum absolute atomic E-state index is 0.00310. The lowest BCUT2D eigenvalue weighted by Gasteiger charge is -2.44. The van der Waals surface area contributed by atoms with Crippen LogP contribution in [0.2, 0.25) is 0 Å². The van der Waals surface area contributed by atoms with Gasteiger partial charge in [0.25, 0.3) is 5.91 Å². The summed E-state index contributed by atoms with van der Waals surface area (Å²) in [5, 5.41) is 2.78. The number of anilines is 1. The number of likely N-dealkylation sites (N-methyl/N-ethyl adjacent to an activating group) is 1. The number of hydrogen-bond acceptors (Lipinski definition) is 4. The van der Waals surface area contributed by atoms with Crippen molar-refractivity contribution in [3.63, 3.8) is 0 Å². The number of likely N-dealkylation sites (tertiary alicyclic amines) is 1. The van der Waals surface area contributed by atoms with Crippen LogP contribution in [0.4, 0.5) is 5.69 Å². The molecule has 29 heavy (non-hydrogen) atoms. The molecule has 7 heteroatoms. The number of carbonyl (C=O) groups is 3. The highest BCUT2D eigenvalue weighted by Gasteiger charge is 2.54. The molecule has 0 unspecified atom stereocenters. The maximum absolute atomic E-state index is 13.5. The average Bonchev–Trinajstić information content (AvgIpc) is 2.94. The van der Waals surface area contributed by atoms with Gasteiger partial charge in [0.1, 0.15) is 12.1 Å². The van der Waals surface area contributed by atoms with Crippen molar-refractivity contribution in [3.05, 3.63) is 30.3 Å². The number of para-hydroxylation sites is 1. The van der Waals surface area contributed by atoms with Crippen LogP contribution in [-0.4, -0.2) is 65.9 Å². The van der Waals surface area contributed by atoms with Gasteiger partial charge in [-0.2, -0.15) is 0 Å². The molecule has 2 aliphatic heterocycles. The van der Waals surface area contributed by atoms with E-state index in [0.717, 1.165) is 24.9 Å². The van der Waals surface area contributed by atoms with Crippen molar-refractivity contribution in [1.29, 1.82) is 0 Å². The van der Waals surface area contributed by atoms with Gasteiger partial charge in [0.05, 0.1) is 6.67 Å². The van der Waals surface area contributed by atoms with Gasteiger partial charge in [-0.1, -0.05) is 24.6 Å². The Morgan fingerprint density at radius 2 is 1.83 bits per heavy atom. The van der Waals surface area contributed by atoms with Gasteiger partial charge in [-0.25, -0.2) is 0 Å². The van der Waals surface area contributed by atoms with E-state index in [0.29, 0.717) is 39.1 Å². The normalized spacial score (nSPS) is 21.4. The molecule has 1 aromatic carbocycles. The lowest BCUT2D eigenvalue weighted by Crippen LogP contribution is -2.58. The van der Waals surface area contributed by atoms with Gasteiger partial charge in [-0.15, -0.1) is 0 Å². The van der Waals surface area contributed by atoms with Crippen LogP contribution in [0.3, 0.4) is 0 Å². The molecule has 3 fully saturated rings. The topological polar surface area (TPSA) is 73.0 Å². The first kappa shape index (κ1) is 19.7. The first-order valence-electron chi connectivity index (χ1n) is 10.7. The van der Waals surface area contributed by atoms with Crippen molar-refractivity contribution < 1.29 is 14.4 Å².